The Hall–Kier alpha value is -2.85. The first-order valence-electron chi connectivity index (χ1n) is 11.7. The number of carbonyl (C=O) groups excluding carboxylic acids is 2. The van der Waals surface area contributed by atoms with E-state index < -0.39 is 17.4 Å². The van der Waals surface area contributed by atoms with Gasteiger partial charge in [0.15, 0.2) is 5.75 Å². The number of amides is 2. The van der Waals surface area contributed by atoms with E-state index in [9.17, 15) is 23.8 Å². The van der Waals surface area contributed by atoms with Crippen LogP contribution in [0.2, 0.25) is 0 Å². The van der Waals surface area contributed by atoms with Crippen LogP contribution in [0.5, 0.6) is 5.75 Å². The van der Waals surface area contributed by atoms with Gasteiger partial charge >= 0.3 is 0 Å². The molecular formula is C25H29F2N4O3P. The summed E-state index contributed by atoms with van der Waals surface area (Å²) < 4.78 is 27.3. The van der Waals surface area contributed by atoms with Gasteiger partial charge in [-0.3, -0.25) is 19.5 Å². The normalized spacial score (nSPS) is 26.7. The van der Waals surface area contributed by atoms with Crippen LogP contribution >= 0.6 is 9.24 Å². The highest BCUT2D eigenvalue weighted by Crippen LogP contribution is 2.44. The Morgan fingerprint density at radius 2 is 2.00 bits per heavy atom. The highest BCUT2D eigenvalue weighted by molar-refractivity contribution is 7.17. The molecule has 0 aliphatic carbocycles. The van der Waals surface area contributed by atoms with Gasteiger partial charge in [0.25, 0.3) is 0 Å². The molecule has 35 heavy (non-hydrogen) atoms. The molecule has 2 amide bonds. The van der Waals surface area contributed by atoms with Crippen molar-refractivity contribution in [2.45, 2.75) is 45.1 Å². The highest BCUT2D eigenvalue weighted by Gasteiger charge is 2.51. The Balaban J connectivity index is 1.58. The van der Waals surface area contributed by atoms with Crippen LogP contribution in [0.1, 0.15) is 38.7 Å². The number of dihydropyridines is 1. The van der Waals surface area contributed by atoms with E-state index in [2.05, 4.69) is 25.2 Å². The lowest BCUT2D eigenvalue weighted by molar-refractivity contribution is -0.142. The summed E-state index contributed by atoms with van der Waals surface area (Å²) >= 11 is 0. The van der Waals surface area contributed by atoms with E-state index >= 15 is 0 Å². The molecule has 0 saturated carbocycles. The molecular weight excluding hydrogens is 473 g/mol. The van der Waals surface area contributed by atoms with Gasteiger partial charge in [0.2, 0.25) is 11.8 Å². The molecule has 4 rings (SSSR count). The Bertz CT molecular complexity index is 1110. The Kier molecular flexibility index (Phi) is 6.97. The number of allylic oxidation sites excluding steroid dienone is 1. The first-order valence-corrected chi connectivity index (χ1v) is 12.4. The number of likely N-dealkylation sites (tertiary alicyclic amines) is 2. The average molecular weight is 503 g/mol. The van der Waals surface area contributed by atoms with Gasteiger partial charge in [-0.1, -0.05) is 9.24 Å². The zero-order valence-electron chi connectivity index (χ0n) is 19.8. The van der Waals surface area contributed by atoms with Crippen molar-refractivity contribution >= 4 is 26.8 Å². The molecule has 0 N–H and O–H groups in total. The standard InChI is InChI=1S/C25H29F2N4O3P/c1-3-30-15-25(13-19(30)32)8-10-31(11-9-25)23(33)24(2)12-17(14-28)20(29-21(24)22(26)35)16-4-6-18(34-27)7-5-16/h4-7,12,21-22H,3,8-11,13,15,35H2,1-2H3. The molecule has 3 aliphatic rings. The van der Waals surface area contributed by atoms with Gasteiger partial charge in [-0.25, -0.2) is 4.39 Å². The summed E-state index contributed by atoms with van der Waals surface area (Å²) in [5.41, 5.74) is -0.572. The molecule has 0 aromatic heterocycles. The molecule has 1 aromatic rings. The maximum atomic E-state index is 14.9. The molecule has 4 unspecified atom stereocenters. The lowest BCUT2D eigenvalue weighted by Gasteiger charge is -2.44. The summed E-state index contributed by atoms with van der Waals surface area (Å²) in [7, 11) is 2.07. The lowest BCUT2D eigenvalue weighted by atomic mass is 9.74. The predicted molar refractivity (Wildman–Crippen MR) is 130 cm³/mol. The Labute approximate surface area is 205 Å². The summed E-state index contributed by atoms with van der Waals surface area (Å²) in [5, 5.41) is 9.84. The molecule has 1 aromatic carbocycles. The fourth-order valence-electron chi connectivity index (χ4n) is 5.50. The number of rotatable bonds is 5. The second-order valence-corrected chi connectivity index (χ2v) is 10.4. The van der Waals surface area contributed by atoms with Gasteiger partial charge < -0.3 is 9.80 Å². The minimum absolute atomic E-state index is 0.00693. The number of benzene rings is 1. The Morgan fingerprint density at radius 3 is 2.51 bits per heavy atom. The Morgan fingerprint density at radius 1 is 1.34 bits per heavy atom. The van der Waals surface area contributed by atoms with Gasteiger partial charge in [0.05, 0.1) is 16.7 Å². The van der Waals surface area contributed by atoms with Crippen LogP contribution in [0.15, 0.2) is 40.9 Å². The number of piperidine rings is 1. The maximum Gasteiger partial charge on any atom is 0.234 e. The maximum absolute atomic E-state index is 14.9. The lowest BCUT2D eigenvalue weighted by Crippen LogP contribution is -2.54. The molecule has 1 spiro atoms. The van der Waals surface area contributed by atoms with Gasteiger partial charge in [0.1, 0.15) is 18.0 Å². The summed E-state index contributed by atoms with van der Waals surface area (Å²) in [4.78, 5) is 37.8. The molecule has 0 bridgehead atoms. The molecule has 3 aliphatic heterocycles. The third-order valence-electron chi connectivity index (χ3n) is 7.58. The molecule has 4 atom stereocenters. The fraction of sp³-hybridized carbons (Fsp3) is 0.520. The van der Waals surface area contributed by atoms with Crippen LogP contribution in [-0.4, -0.2) is 65.5 Å². The zero-order valence-corrected chi connectivity index (χ0v) is 21.0. The number of carbonyl (C=O) groups is 2. The SMILES string of the molecule is CCN1CC2(CCN(C(=O)C3(C)C=C(C#N)C(c4ccc(OF)cc4)=NC3C(F)P)CC2)CC1=O. The van der Waals surface area contributed by atoms with Crippen LogP contribution in [0, 0.1) is 22.2 Å². The topological polar surface area (TPSA) is 86.0 Å². The van der Waals surface area contributed by atoms with Crippen molar-refractivity contribution in [2.24, 2.45) is 15.8 Å². The highest BCUT2D eigenvalue weighted by atomic mass is 31.0. The van der Waals surface area contributed by atoms with Crippen LogP contribution in [-0.2, 0) is 9.59 Å². The predicted octanol–water partition coefficient (Wildman–Crippen LogP) is 3.61. The van der Waals surface area contributed by atoms with E-state index in [1.807, 2.05) is 11.8 Å². The van der Waals surface area contributed by atoms with Gasteiger partial charge in [0, 0.05) is 48.1 Å². The minimum atomic E-state index is -1.54. The largest absolute Gasteiger partial charge is 0.342 e. The van der Waals surface area contributed by atoms with E-state index in [4.69, 9.17) is 0 Å². The number of hydrogen-bond donors (Lipinski definition) is 0. The summed E-state index contributed by atoms with van der Waals surface area (Å²) in [5.74, 6) is -1.67. The number of nitriles is 1. The third-order valence-corrected chi connectivity index (χ3v) is 7.94. The second-order valence-electron chi connectivity index (χ2n) is 9.80. The molecule has 186 valence electrons. The van der Waals surface area contributed by atoms with Gasteiger partial charge in [-0.05, 0) is 57.0 Å². The van der Waals surface area contributed by atoms with Crippen LogP contribution in [0.3, 0.4) is 0 Å². The van der Waals surface area contributed by atoms with Crippen molar-refractivity contribution in [1.29, 1.82) is 5.26 Å². The number of aliphatic imine (C=N–C) groups is 1. The zero-order chi connectivity index (χ0) is 25.4. The van der Waals surface area contributed by atoms with Crippen molar-refractivity contribution in [3.05, 3.63) is 41.5 Å². The van der Waals surface area contributed by atoms with Crippen molar-refractivity contribution in [1.82, 2.24) is 9.80 Å². The van der Waals surface area contributed by atoms with Crippen LogP contribution < -0.4 is 4.94 Å². The van der Waals surface area contributed by atoms with E-state index in [0.29, 0.717) is 51.0 Å². The molecule has 2 fully saturated rings. The van der Waals surface area contributed by atoms with Gasteiger partial charge in [-0.15, -0.1) is 0 Å². The number of alkyl halides is 1. The van der Waals surface area contributed by atoms with Crippen molar-refractivity contribution < 1.29 is 23.4 Å². The number of halogens is 2. The molecule has 3 heterocycles. The summed E-state index contributed by atoms with van der Waals surface area (Å²) in [6.45, 7) is 5.92. The smallest absolute Gasteiger partial charge is 0.234 e. The average Bonchev–Trinajstić information content (AvgIpc) is 3.18. The second kappa shape index (κ2) is 9.66. The monoisotopic (exact) mass is 502 g/mol. The quantitative estimate of drug-likeness (QED) is 0.576. The van der Waals surface area contributed by atoms with Crippen molar-refractivity contribution in [2.75, 3.05) is 26.2 Å². The molecule has 7 nitrogen and oxygen atoms in total. The summed E-state index contributed by atoms with van der Waals surface area (Å²) in [6, 6.07) is 6.85. The molecule has 2 saturated heterocycles. The number of nitrogens with zero attached hydrogens (tertiary/aromatic N) is 4. The third kappa shape index (κ3) is 4.56. The molecule has 10 heteroatoms. The summed E-state index contributed by atoms with van der Waals surface area (Å²) in [6.07, 6.45) is 3.42. The van der Waals surface area contributed by atoms with E-state index in [0.717, 1.165) is 0 Å². The van der Waals surface area contributed by atoms with Crippen molar-refractivity contribution in [3.8, 4) is 11.8 Å². The number of hydrogen-bond acceptors (Lipinski definition) is 5. The van der Waals surface area contributed by atoms with E-state index in [-0.39, 0.29) is 34.3 Å². The van der Waals surface area contributed by atoms with Crippen LogP contribution in [0.25, 0.3) is 0 Å². The van der Waals surface area contributed by atoms with E-state index in [1.165, 1.54) is 30.3 Å². The van der Waals surface area contributed by atoms with E-state index in [1.54, 1.807) is 11.8 Å². The van der Waals surface area contributed by atoms with Crippen molar-refractivity contribution in [3.63, 3.8) is 0 Å². The van der Waals surface area contributed by atoms with Gasteiger partial charge in [-0.2, -0.15) is 5.26 Å². The molecule has 0 radical (unpaired) electrons. The van der Waals surface area contributed by atoms with Crippen LogP contribution in [0.4, 0.5) is 8.92 Å². The first-order chi connectivity index (χ1) is 16.7. The fourth-order valence-corrected chi connectivity index (χ4v) is 5.98. The minimum Gasteiger partial charge on any atom is -0.342 e. The first kappa shape index (κ1) is 25.2.